The number of rotatable bonds is 2. The molecule has 2 aromatic rings. The molecule has 1 atom stereocenters. The van der Waals surface area contributed by atoms with Crippen LogP contribution in [-0.2, 0) is 12.2 Å². The van der Waals surface area contributed by atoms with Gasteiger partial charge in [-0.25, -0.2) is 8.78 Å². The Morgan fingerprint density at radius 1 is 1.28 bits per heavy atom. The van der Waals surface area contributed by atoms with Gasteiger partial charge in [-0.2, -0.15) is 0 Å². The van der Waals surface area contributed by atoms with Crippen molar-refractivity contribution < 1.29 is 8.78 Å². The molecule has 0 saturated carbocycles. The van der Waals surface area contributed by atoms with Crippen LogP contribution in [0, 0.1) is 5.82 Å². The summed E-state index contributed by atoms with van der Waals surface area (Å²) in [5, 5.41) is 0. The van der Waals surface area contributed by atoms with Crippen LogP contribution in [0.5, 0.6) is 0 Å². The van der Waals surface area contributed by atoms with Gasteiger partial charge in [0.2, 0.25) is 0 Å². The van der Waals surface area contributed by atoms with Gasteiger partial charge < -0.3 is 10.3 Å². The Bertz CT molecular complexity index is 839. The van der Waals surface area contributed by atoms with E-state index >= 15 is 4.39 Å². The number of nitrogens with two attached hydrogens (primary N) is 1. The Morgan fingerprint density at radius 3 is 2.64 bits per heavy atom. The zero-order valence-electron chi connectivity index (χ0n) is 13.5. The van der Waals surface area contributed by atoms with Crippen molar-refractivity contribution in [1.29, 1.82) is 0 Å². The highest BCUT2D eigenvalue weighted by molar-refractivity contribution is 5.85. The number of piperidine rings is 1. The Kier molecular flexibility index (Phi) is 5.73. The third-order valence-electron chi connectivity index (χ3n) is 4.92. The summed E-state index contributed by atoms with van der Waals surface area (Å²) in [6.07, 6.45) is 2.65. The SMILES string of the molecule is Cl.Cl.NC1CCN(CC2(F)Cn3c(=O)ccc4ncc(F)c2c43)CC1. The van der Waals surface area contributed by atoms with Gasteiger partial charge in [-0.15, -0.1) is 24.8 Å². The second-order valence-electron chi connectivity index (χ2n) is 6.55. The van der Waals surface area contributed by atoms with Crippen molar-refractivity contribution in [2.24, 2.45) is 5.73 Å². The molecule has 1 fully saturated rings. The van der Waals surface area contributed by atoms with Crippen molar-refractivity contribution in [2.75, 3.05) is 19.6 Å². The number of hydrogen-bond acceptors (Lipinski definition) is 4. The number of alkyl halides is 1. The van der Waals surface area contributed by atoms with E-state index in [1.54, 1.807) is 0 Å². The maximum atomic E-state index is 15.7. The Labute approximate surface area is 156 Å². The van der Waals surface area contributed by atoms with E-state index in [9.17, 15) is 9.18 Å². The van der Waals surface area contributed by atoms with Crippen molar-refractivity contribution >= 4 is 35.8 Å². The van der Waals surface area contributed by atoms with Crippen molar-refractivity contribution in [1.82, 2.24) is 14.5 Å². The molecule has 2 aliphatic heterocycles. The molecule has 9 heteroatoms. The van der Waals surface area contributed by atoms with Gasteiger partial charge in [0.25, 0.3) is 5.56 Å². The molecule has 0 amide bonds. The molecule has 0 aliphatic carbocycles. The maximum absolute atomic E-state index is 15.7. The van der Waals surface area contributed by atoms with Crippen LogP contribution in [0.4, 0.5) is 8.78 Å². The van der Waals surface area contributed by atoms with Crippen molar-refractivity contribution in [3.05, 3.63) is 40.1 Å². The van der Waals surface area contributed by atoms with Gasteiger partial charge in [-0.1, -0.05) is 0 Å². The Hall–Kier alpha value is -1.28. The fraction of sp³-hybridized carbons (Fsp3) is 0.500. The minimum Gasteiger partial charge on any atom is -0.328 e. The van der Waals surface area contributed by atoms with Gasteiger partial charge >= 0.3 is 0 Å². The summed E-state index contributed by atoms with van der Waals surface area (Å²) in [4.78, 5) is 18.0. The Balaban J connectivity index is 0.00000113. The number of aromatic nitrogens is 2. The summed E-state index contributed by atoms with van der Waals surface area (Å²) >= 11 is 0. The van der Waals surface area contributed by atoms with E-state index < -0.39 is 11.5 Å². The standard InChI is InChI=1S/C16H18F2N4O.2ClH/c17-11-7-20-12-1-2-13(23)22-9-16(18,14(11)15(12)22)8-21-5-3-10(19)4-6-21;;/h1-2,7,10H,3-6,8-9,19H2;2*1H. The lowest BCUT2D eigenvalue weighted by Crippen LogP contribution is -2.46. The molecule has 4 heterocycles. The van der Waals surface area contributed by atoms with Crippen molar-refractivity contribution in [3.63, 3.8) is 0 Å². The smallest absolute Gasteiger partial charge is 0.251 e. The monoisotopic (exact) mass is 392 g/mol. The topological polar surface area (TPSA) is 64.2 Å². The van der Waals surface area contributed by atoms with E-state index in [4.69, 9.17) is 5.73 Å². The second kappa shape index (κ2) is 7.15. The normalized spacial score (nSPS) is 23.3. The number of nitrogens with zero attached hydrogens (tertiary/aromatic N) is 3. The summed E-state index contributed by atoms with van der Waals surface area (Å²) < 4.78 is 31.3. The van der Waals surface area contributed by atoms with Gasteiger partial charge in [0, 0.05) is 18.7 Å². The molecule has 5 nitrogen and oxygen atoms in total. The van der Waals surface area contributed by atoms with Crippen LogP contribution in [0.1, 0.15) is 18.4 Å². The predicted octanol–water partition coefficient (Wildman–Crippen LogP) is 1.98. The maximum Gasteiger partial charge on any atom is 0.251 e. The number of likely N-dealkylation sites (tertiary alicyclic amines) is 1. The molecule has 0 radical (unpaired) electrons. The van der Waals surface area contributed by atoms with Gasteiger partial charge in [-0.3, -0.25) is 14.7 Å². The van der Waals surface area contributed by atoms with E-state index in [1.807, 2.05) is 4.90 Å². The highest BCUT2D eigenvalue weighted by Gasteiger charge is 2.45. The fourth-order valence-electron chi connectivity index (χ4n) is 3.75. The molecule has 0 bridgehead atoms. The van der Waals surface area contributed by atoms with Gasteiger partial charge in [0.1, 0.15) is 5.82 Å². The number of hydrogen-bond donors (Lipinski definition) is 1. The molecule has 2 N–H and O–H groups in total. The second-order valence-corrected chi connectivity index (χ2v) is 6.55. The third kappa shape index (κ3) is 3.26. The van der Waals surface area contributed by atoms with Gasteiger partial charge in [0.05, 0.1) is 29.3 Å². The van der Waals surface area contributed by atoms with E-state index in [1.165, 1.54) is 16.7 Å². The average Bonchev–Trinajstić information content (AvgIpc) is 2.83. The number of halogens is 4. The van der Waals surface area contributed by atoms with Crippen LogP contribution < -0.4 is 11.3 Å². The Morgan fingerprint density at radius 2 is 1.96 bits per heavy atom. The lowest BCUT2D eigenvalue weighted by molar-refractivity contribution is 0.0664. The summed E-state index contributed by atoms with van der Waals surface area (Å²) in [6.45, 7) is 1.28. The average molecular weight is 393 g/mol. The molecule has 1 saturated heterocycles. The van der Waals surface area contributed by atoms with Crippen LogP contribution in [0.2, 0.25) is 0 Å². The first-order chi connectivity index (χ1) is 11.0. The summed E-state index contributed by atoms with van der Waals surface area (Å²) in [6, 6.07) is 3.01. The molecule has 138 valence electrons. The van der Waals surface area contributed by atoms with E-state index in [2.05, 4.69) is 4.98 Å². The minimum absolute atomic E-state index is 0. The highest BCUT2D eigenvalue weighted by Crippen LogP contribution is 2.40. The number of pyridine rings is 2. The molecular weight excluding hydrogens is 373 g/mol. The van der Waals surface area contributed by atoms with E-state index in [0.29, 0.717) is 18.6 Å². The summed E-state index contributed by atoms with van der Waals surface area (Å²) in [7, 11) is 0. The first-order valence-electron chi connectivity index (χ1n) is 7.83. The van der Waals surface area contributed by atoms with Crippen LogP contribution in [0.3, 0.4) is 0 Å². The lowest BCUT2D eigenvalue weighted by atomic mass is 9.95. The first kappa shape index (κ1) is 20.0. The first-order valence-corrected chi connectivity index (χ1v) is 7.83. The van der Waals surface area contributed by atoms with Crippen LogP contribution in [0.15, 0.2) is 23.1 Å². The van der Waals surface area contributed by atoms with Crippen molar-refractivity contribution in [2.45, 2.75) is 31.1 Å². The molecule has 4 rings (SSSR count). The van der Waals surface area contributed by atoms with E-state index in [-0.39, 0.29) is 60.6 Å². The summed E-state index contributed by atoms with van der Waals surface area (Å²) in [5.74, 6) is -0.689. The molecular formula is C16H20Cl2F2N4O. The largest absolute Gasteiger partial charge is 0.328 e. The highest BCUT2D eigenvalue weighted by atomic mass is 35.5. The fourth-order valence-corrected chi connectivity index (χ4v) is 3.75. The van der Waals surface area contributed by atoms with Crippen LogP contribution in [-0.4, -0.2) is 40.1 Å². The third-order valence-corrected chi connectivity index (χ3v) is 4.92. The molecule has 2 aromatic heterocycles. The van der Waals surface area contributed by atoms with E-state index in [0.717, 1.165) is 19.0 Å². The quantitative estimate of drug-likeness (QED) is 0.848. The van der Waals surface area contributed by atoms with Crippen molar-refractivity contribution in [3.8, 4) is 0 Å². The van der Waals surface area contributed by atoms with Crippen LogP contribution in [0.25, 0.3) is 11.0 Å². The van der Waals surface area contributed by atoms with Crippen LogP contribution >= 0.6 is 24.8 Å². The molecule has 0 aromatic carbocycles. The summed E-state index contributed by atoms with van der Waals surface area (Å²) in [5.41, 5.74) is 4.33. The lowest BCUT2D eigenvalue weighted by Gasteiger charge is -2.34. The molecule has 25 heavy (non-hydrogen) atoms. The van der Waals surface area contributed by atoms with Gasteiger partial charge in [-0.05, 0) is 32.0 Å². The molecule has 0 spiro atoms. The zero-order chi connectivity index (χ0) is 16.2. The van der Waals surface area contributed by atoms with Gasteiger partial charge in [0.15, 0.2) is 5.67 Å². The predicted molar refractivity (Wildman–Crippen MR) is 96.9 cm³/mol. The zero-order valence-corrected chi connectivity index (χ0v) is 15.1. The molecule has 2 aliphatic rings. The molecule has 1 unspecified atom stereocenters. The minimum atomic E-state index is -1.92.